The van der Waals surface area contributed by atoms with Crippen molar-refractivity contribution in [1.82, 2.24) is 9.88 Å². The molecule has 1 aliphatic rings. The maximum atomic E-state index is 12.9. The Morgan fingerprint density at radius 3 is 2.50 bits per heavy atom. The van der Waals surface area contributed by atoms with Gasteiger partial charge in [-0.3, -0.25) is 4.79 Å². The summed E-state index contributed by atoms with van der Waals surface area (Å²) in [6, 6.07) is 12.7. The number of anilines is 1. The summed E-state index contributed by atoms with van der Waals surface area (Å²) in [5.41, 5.74) is 8.24. The maximum absolute atomic E-state index is 12.9. The molecule has 3 aromatic rings. The van der Waals surface area contributed by atoms with Crippen molar-refractivity contribution in [2.45, 2.75) is 40.2 Å². The maximum Gasteiger partial charge on any atom is 0.244 e. The standard InChI is InChI=1S/C23H27N3O.ClH/c1-15-12-16(2)23(17(3)13-15)25-22(27)14-26-20-7-5-4-6-18(20)19-8-10-24-11-9-21(19)26;/h4-7,12-13,24H,8-11,14H2,1-3H3,(H,25,27);1H. The van der Waals surface area contributed by atoms with E-state index in [1.165, 1.54) is 22.2 Å². The molecule has 0 aliphatic carbocycles. The number of para-hydroxylation sites is 1. The molecule has 0 saturated heterocycles. The molecule has 1 aliphatic heterocycles. The Kier molecular flexibility index (Phi) is 6.11. The Balaban J connectivity index is 0.00000225. The zero-order valence-electron chi connectivity index (χ0n) is 16.8. The summed E-state index contributed by atoms with van der Waals surface area (Å²) in [5, 5.41) is 7.91. The molecule has 0 saturated carbocycles. The molecule has 2 aromatic carbocycles. The molecule has 0 atom stereocenters. The van der Waals surface area contributed by atoms with Crippen LogP contribution >= 0.6 is 12.4 Å². The van der Waals surface area contributed by atoms with Crippen molar-refractivity contribution >= 4 is 34.9 Å². The number of benzene rings is 2. The molecular weight excluding hydrogens is 370 g/mol. The Bertz CT molecular complexity index is 999. The van der Waals surface area contributed by atoms with Crippen molar-refractivity contribution in [1.29, 1.82) is 0 Å². The fraction of sp³-hybridized carbons (Fsp3) is 0.348. The molecule has 28 heavy (non-hydrogen) atoms. The normalized spacial score (nSPS) is 13.5. The molecule has 4 nitrogen and oxygen atoms in total. The molecule has 148 valence electrons. The lowest BCUT2D eigenvalue weighted by Crippen LogP contribution is -2.22. The average molecular weight is 398 g/mol. The van der Waals surface area contributed by atoms with Gasteiger partial charge in [0.1, 0.15) is 6.54 Å². The summed E-state index contributed by atoms with van der Waals surface area (Å²) >= 11 is 0. The van der Waals surface area contributed by atoms with Crippen molar-refractivity contribution in [3.8, 4) is 0 Å². The zero-order chi connectivity index (χ0) is 19.0. The number of fused-ring (bicyclic) bond motifs is 3. The first-order valence-electron chi connectivity index (χ1n) is 9.72. The number of hydrogen-bond donors (Lipinski definition) is 2. The van der Waals surface area contributed by atoms with Crippen LogP contribution in [-0.2, 0) is 24.2 Å². The number of hydrogen-bond acceptors (Lipinski definition) is 2. The highest BCUT2D eigenvalue weighted by molar-refractivity contribution is 5.94. The van der Waals surface area contributed by atoms with E-state index in [1.807, 2.05) is 0 Å². The number of amides is 1. The van der Waals surface area contributed by atoms with E-state index in [4.69, 9.17) is 0 Å². The Hall–Kier alpha value is -2.30. The molecule has 5 heteroatoms. The Labute approximate surface area is 172 Å². The molecule has 1 aromatic heterocycles. The van der Waals surface area contributed by atoms with Gasteiger partial charge in [-0.25, -0.2) is 0 Å². The molecule has 0 radical (unpaired) electrons. The largest absolute Gasteiger partial charge is 0.335 e. The van der Waals surface area contributed by atoms with Crippen LogP contribution in [0.25, 0.3) is 10.9 Å². The second kappa shape index (κ2) is 8.38. The van der Waals surface area contributed by atoms with Crippen LogP contribution in [0.2, 0.25) is 0 Å². The second-order valence-electron chi connectivity index (χ2n) is 7.60. The summed E-state index contributed by atoms with van der Waals surface area (Å²) in [5.74, 6) is 0.0332. The van der Waals surface area contributed by atoms with E-state index in [0.29, 0.717) is 6.54 Å². The van der Waals surface area contributed by atoms with Gasteiger partial charge in [0.05, 0.1) is 0 Å². The van der Waals surface area contributed by atoms with Crippen LogP contribution in [0.3, 0.4) is 0 Å². The SMILES string of the molecule is Cc1cc(C)c(NC(=O)Cn2c3c(c4ccccc42)CCNCC3)c(C)c1.Cl. The molecule has 0 spiro atoms. The third-order valence-corrected chi connectivity index (χ3v) is 5.53. The van der Waals surface area contributed by atoms with E-state index < -0.39 is 0 Å². The lowest BCUT2D eigenvalue weighted by Gasteiger charge is -2.15. The summed E-state index contributed by atoms with van der Waals surface area (Å²) in [6.45, 7) is 8.50. The van der Waals surface area contributed by atoms with Gasteiger partial charge in [0.25, 0.3) is 0 Å². The smallest absolute Gasteiger partial charge is 0.244 e. The van der Waals surface area contributed by atoms with Crippen molar-refractivity contribution in [2.75, 3.05) is 18.4 Å². The van der Waals surface area contributed by atoms with Gasteiger partial charge in [-0.2, -0.15) is 0 Å². The zero-order valence-corrected chi connectivity index (χ0v) is 17.6. The summed E-state index contributed by atoms with van der Waals surface area (Å²) < 4.78 is 2.21. The van der Waals surface area contributed by atoms with E-state index in [0.717, 1.165) is 48.3 Å². The van der Waals surface area contributed by atoms with Crippen LogP contribution in [0, 0.1) is 20.8 Å². The van der Waals surface area contributed by atoms with Crippen molar-refractivity contribution in [3.63, 3.8) is 0 Å². The first-order valence-corrected chi connectivity index (χ1v) is 9.72. The van der Waals surface area contributed by atoms with Gasteiger partial charge in [0.2, 0.25) is 5.91 Å². The van der Waals surface area contributed by atoms with E-state index >= 15 is 0 Å². The first kappa shape index (κ1) is 20.4. The number of nitrogens with one attached hydrogen (secondary N) is 2. The summed E-state index contributed by atoms with van der Waals surface area (Å²) in [4.78, 5) is 12.9. The number of carbonyl (C=O) groups is 1. The van der Waals surface area contributed by atoms with Crippen LogP contribution in [0.1, 0.15) is 27.9 Å². The summed E-state index contributed by atoms with van der Waals surface area (Å²) in [6.07, 6.45) is 1.97. The van der Waals surface area contributed by atoms with E-state index in [1.54, 1.807) is 0 Å². The fourth-order valence-electron chi connectivity index (χ4n) is 4.42. The van der Waals surface area contributed by atoms with Gasteiger partial charge in [0, 0.05) is 35.2 Å². The highest BCUT2D eigenvalue weighted by atomic mass is 35.5. The Morgan fingerprint density at radius 2 is 1.75 bits per heavy atom. The van der Waals surface area contributed by atoms with Crippen LogP contribution in [-0.4, -0.2) is 23.6 Å². The highest BCUT2D eigenvalue weighted by Gasteiger charge is 2.20. The second-order valence-corrected chi connectivity index (χ2v) is 7.60. The van der Waals surface area contributed by atoms with Crippen LogP contribution in [0.15, 0.2) is 36.4 Å². The molecule has 4 rings (SSSR count). The number of nitrogens with zero attached hydrogens (tertiary/aromatic N) is 1. The van der Waals surface area contributed by atoms with E-state index in [-0.39, 0.29) is 18.3 Å². The number of rotatable bonds is 3. The van der Waals surface area contributed by atoms with Gasteiger partial charge >= 0.3 is 0 Å². The Morgan fingerprint density at radius 1 is 1.07 bits per heavy atom. The van der Waals surface area contributed by atoms with Crippen LogP contribution in [0.4, 0.5) is 5.69 Å². The average Bonchev–Trinajstić information content (AvgIpc) is 2.79. The van der Waals surface area contributed by atoms with Crippen LogP contribution < -0.4 is 10.6 Å². The first-order chi connectivity index (χ1) is 13.0. The number of aromatic nitrogens is 1. The minimum Gasteiger partial charge on any atom is -0.335 e. The monoisotopic (exact) mass is 397 g/mol. The number of halogens is 1. The highest BCUT2D eigenvalue weighted by Crippen LogP contribution is 2.28. The van der Waals surface area contributed by atoms with E-state index in [9.17, 15) is 4.79 Å². The molecule has 0 bridgehead atoms. The lowest BCUT2D eigenvalue weighted by molar-refractivity contribution is -0.116. The summed E-state index contributed by atoms with van der Waals surface area (Å²) in [7, 11) is 0. The predicted molar refractivity (Wildman–Crippen MR) is 119 cm³/mol. The molecule has 1 amide bonds. The quantitative estimate of drug-likeness (QED) is 0.691. The number of aryl methyl sites for hydroxylation is 3. The number of carbonyl (C=O) groups excluding carboxylic acids is 1. The minimum absolute atomic E-state index is 0. The third-order valence-electron chi connectivity index (χ3n) is 5.53. The van der Waals surface area contributed by atoms with Gasteiger partial charge in [-0.15, -0.1) is 12.4 Å². The lowest BCUT2D eigenvalue weighted by atomic mass is 10.1. The fourth-order valence-corrected chi connectivity index (χ4v) is 4.42. The molecule has 2 heterocycles. The van der Waals surface area contributed by atoms with Crippen LogP contribution in [0.5, 0.6) is 0 Å². The predicted octanol–water partition coefficient (Wildman–Crippen LogP) is 4.32. The van der Waals surface area contributed by atoms with E-state index in [2.05, 4.69) is 72.4 Å². The molecular formula is C23H28ClN3O. The topological polar surface area (TPSA) is 46.1 Å². The molecule has 2 N–H and O–H groups in total. The minimum atomic E-state index is 0. The van der Waals surface area contributed by atoms with Gasteiger partial charge < -0.3 is 15.2 Å². The van der Waals surface area contributed by atoms with Crippen molar-refractivity contribution < 1.29 is 4.79 Å². The van der Waals surface area contributed by atoms with Gasteiger partial charge in [-0.1, -0.05) is 35.9 Å². The van der Waals surface area contributed by atoms with Gasteiger partial charge in [-0.05, 0) is 56.5 Å². The van der Waals surface area contributed by atoms with Crippen molar-refractivity contribution in [2.24, 2.45) is 0 Å². The van der Waals surface area contributed by atoms with Crippen molar-refractivity contribution in [3.05, 3.63) is 64.3 Å². The van der Waals surface area contributed by atoms with Gasteiger partial charge in [0.15, 0.2) is 0 Å². The third kappa shape index (κ3) is 3.80. The molecule has 0 fully saturated rings. The molecule has 0 unspecified atom stereocenters.